The average Bonchev–Trinajstić information content (AvgIpc) is 2.91. The largest absolute Gasteiger partial charge is 0.369 e. The maximum atomic E-state index is 13.6. The Bertz CT molecular complexity index is 1500. The molecular weight excluding hydrogens is 478 g/mol. The fraction of sp³-hybridized carbons (Fsp3) is 0.333. The maximum absolute atomic E-state index is 13.6. The Labute approximate surface area is 222 Å². The minimum atomic E-state index is -0.441. The molecular formula is C30H33N5O3. The summed E-state index contributed by atoms with van der Waals surface area (Å²) in [6.07, 6.45) is 7.50. The third-order valence-corrected chi connectivity index (χ3v) is 7.07. The number of rotatable bonds is 7. The number of hydrogen-bond acceptors (Lipinski definition) is 7. The summed E-state index contributed by atoms with van der Waals surface area (Å²) in [5, 5.41) is 0.530. The van der Waals surface area contributed by atoms with Crippen LogP contribution in [-0.2, 0) is 17.9 Å². The summed E-state index contributed by atoms with van der Waals surface area (Å²) in [6, 6.07) is 15.7. The van der Waals surface area contributed by atoms with Gasteiger partial charge in [0, 0.05) is 67.7 Å². The summed E-state index contributed by atoms with van der Waals surface area (Å²) in [5.41, 5.74) is 5.33. The van der Waals surface area contributed by atoms with Gasteiger partial charge in [0.2, 0.25) is 0 Å². The van der Waals surface area contributed by atoms with Crippen LogP contribution in [0.1, 0.15) is 42.3 Å². The lowest BCUT2D eigenvalue weighted by molar-refractivity contribution is -0.141. The second-order valence-electron chi connectivity index (χ2n) is 10.0. The average molecular weight is 512 g/mol. The van der Waals surface area contributed by atoms with Gasteiger partial charge >= 0.3 is 5.97 Å². The first-order chi connectivity index (χ1) is 18.4. The Morgan fingerprint density at radius 2 is 1.92 bits per heavy atom. The standard InChI is InChI=1S/C30H33N5O3/c1-21-10-11-26(16-32-21)33-14-6-7-27(20-33)34(17-24-12-13-31-22(2)15-24)18-25-19-35(38-23(3)36)29-9-5-4-8-28(29)30(25)37/h4-5,8-13,15-16,19,27H,6-7,14,17-18,20H2,1-3H3/t27-/m0/s1. The predicted molar refractivity (Wildman–Crippen MR) is 148 cm³/mol. The molecule has 0 N–H and O–H groups in total. The van der Waals surface area contributed by atoms with E-state index in [1.165, 1.54) is 11.7 Å². The summed E-state index contributed by atoms with van der Waals surface area (Å²) in [5.74, 6) is -0.441. The van der Waals surface area contributed by atoms with Gasteiger partial charge in [-0.05, 0) is 68.7 Å². The van der Waals surface area contributed by atoms with Crippen molar-refractivity contribution in [3.05, 3.63) is 99.9 Å². The zero-order valence-electron chi connectivity index (χ0n) is 22.1. The lowest BCUT2D eigenvalue weighted by Crippen LogP contribution is -2.48. The summed E-state index contributed by atoms with van der Waals surface area (Å²) in [7, 11) is 0. The molecule has 4 aromatic rings. The van der Waals surface area contributed by atoms with Crippen molar-refractivity contribution >= 4 is 22.6 Å². The van der Waals surface area contributed by atoms with Crippen LogP contribution in [0.15, 0.2) is 71.9 Å². The third kappa shape index (κ3) is 5.75. The van der Waals surface area contributed by atoms with Crippen LogP contribution >= 0.6 is 0 Å². The van der Waals surface area contributed by atoms with E-state index >= 15 is 0 Å². The van der Waals surface area contributed by atoms with Crippen molar-refractivity contribution in [2.24, 2.45) is 0 Å². The number of fused-ring (bicyclic) bond motifs is 1. The van der Waals surface area contributed by atoms with Gasteiger partial charge in [0.1, 0.15) is 0 Å². The zero-order valence-corrected chi connectivity index (χ0v) is 22.1. The molecule has 1 aliphatic heterocycles. The molecule has 8 nitrogen and oxygen atoms in total. The first-order valence-electron chi connectivity index (χ1n) is 13.0. The molecule has 1 fully saturated rings. The fourth-order valence-corrected chi connectivity index (χ4v) is 5.23. The van der Waals surface area contributed by atoms with Crippen molar-refractivity contribution in [1.82, 2.24) is 19.6 Å². The molecule has 1 atom stereocenters. The maximum Gasteiger partial charge on any atom is 0.329 e. The van der Waals surface area contributed by atoms with E-state index in [1.807, 2.05) is 50.5 Å². The van der Waals surface area contributed by atoms with Crippen molar-refractivity contribution in [2.45, 2.75) is 52.7 Å². The first kappa shape index (κ1) is 25.6. The monoisotopic (exact) mass is 511 g/mol. The topological polar surface area (TPSA) is 80.6 Å². The number of carbonyl (C=O) groups is 1. The molecule has 38 heavy (non-hydrogen) atoms. The summed E-state index contributed by atoms with van der Waals surface area (Å²) < 4.78 is 1.42. The number of piperidine rings is 1. The predicted octanol–water partition coefficient (Wildman–Crippen LogP) is 4.05. The molecule has 0 spiro atoms. The van der Waals surface area contributed by atoms with Crippen LogP contribution < -0.4 is 15.2 Å². The number of para-hydroxylation sites is 1. The minimum absolute atomic E-state index is 0.0460. The van der Waals surface area contributed by atoms with E-state index in [-0.39, 0.29) is 11.5 Å². The second-order valence-corrected chi connectivity index (χ2v) is 10.0. The molecule has 1 aromatic carbocycles. The van der Waals surface area contributed by atoms with Gasteiger partial charge in [-0.1, -0.05) is 12.1 Å². The molecule has 1 aliphatic rings. The van der Waals surface area contributed by atoms with Gasteiger partial charge in [-0.15, -0.1) is 0 Å². The molecule has 4 heterocycles. The highest BCUT2D eigenvalue weighted by Gasteiger charge is 2.27. The molecule has 1 saturated heterocycles. The molecule has 0 saturated carbocycles. The number of carbonyl (C=O) groups excluding carboxylic acids is 1. The Morgan fingerprint density at radius 3 is 2.68 bits per heavy atom. The van der Waals surface area contributed by atoms with Gasteiger partial charge in [-0.2, -0.15) is 4.73 Å². The molecule has 8 heteroatoms. The van der Waals surface area contributed by atoms with Crippen LogP contribution in [0.4, 0.5) is 5.69 Å². The Balaban J connectivity index is 1.50. The smallest absolute Gasteiger partial charge is 0.329 e. The van der Waals surface area contributed by atoms with Crippen molar-refractivity contribution in [3.63, 3.8) is 0 Å². The van der Waals surface area contributed by atoms with Crippen LogP contribution in [0, 0.1) is 13.8 Å². The molecule has 3 aromatic heterocycles. The van der Waals surface area contributed by atoms with E-state index in [2.05, 4.69) is 31.9 Å². The van der Waals surface area contributed by atoms with E-state index in [4.69, 9.17) is 4.84 Å². The van der Waals surface area contributed by atoms with Crippen LogP contribution in [0.3, 0.4) is 0 Å². The van der Waals surface area contributed by atoms with Crippen molar-refractivity contribution in [1.29, 1.82) is 0 Å². The van der Waals surface area contributed by atoms with Crippen LogP contribution in [0.5, 0.6) is 0 Å². The number of aryl methyl sites for hydroxylation is 2. The van der Waals surface area contributed by atoms with Crippen molar-refractivity contribution in [2.75, 3.05) is 18.0 Å². The molecule has 5 rings (SSSR count). The van der Waals surface area contributed by atoms with Gasteiger partial charge in [-0.25, -0.2) is 4.79 Å². The molecule has 196 valence electrons. The zero-order chi connectivity index (χ0) is 26.6. The van der Waals surface area contributed by atoms with Gasteiger partial charge in [0.05, 0.1) is 23.6 Å². The number of benzene rings is 1. The highest BCUT2D eigenvalue weighted by atomic mass is 16.7. The third-order valence-electron chi connectivity index (χ3n) is 7.07. The fourth-order valence-electron chi connectivity index (χ4n) is 5.23. The summed E-state index contributed by atoms with van der Waals surface area (Å²) >= 11 is 0. The number of hydrogen-bond donors (Lipinski definition) is 0. The Hall–Kier alpha value is -4.04. The van der Waals surface area contributed by atoms with Crippen LogP contribution in [-0.4, -0.2) is 44.7 Å². The van der Waals surface area contributed by atoms with Crippen LogP contribution in [0.25, 0.3) is 10.9 Å². The Kier molecular flexibility index (Phi) is 7.51. The number of pyridine rings is 3. The normalized spacial score (nSPS) is 15.7. The summed E-state index contributed by atoms with van der Waals surface area (Å²) in [6.45, 7) is 8.25. The first-order valence-corrected chi connectivity index (χ1v) is 13.0. The molecule has 0 unspecified atom stereocenters. The quantitative estimate of drug-likeness (QED) is 0.370. The Morgan fingerprint density at radius 1 is 1.08 bits per heavy atom. The molecule has 0 aliphatic carbocycles. The van der Waals surface area contributed by atoms with E-state index in [0.717, 1.165) is 48.6 Å². The van der Waals surface area contributed by atoms with Gasteiger partial charge in [0.15, 0.2) is 5.43 Å². The van der Waals surface area contributed by atoms with Crippen molar-refractivity contribution < 1.29 is 9.63 Å². The van der Waals surface area contributed by atoms with Crippen LogP contribution in [0.2, 0.25) is 0 Å². The van der Waals surface area contributed by atoms with Gasteiger partial charge < -0.3 is 9.74 Å². The minimum Gasteiger partial charge on any atom is -0.369 e. The van der Waals surface area contributed by atoms with Crippen molar-refractivity contribution in [3.8, 4) is 0 Å². The number of nitrogens with zero attached hydrogens (tertiary/aromatic N) is 5. The second kappa shape index (κ2) is 11.1. The van der Waals surface area contributed by atoms with E-state index in [0.29, 0.717) is 29.6 Å². The molecule has 0 radical (unpaired) electrons. The highest BCUT2D eigenvalue weighted by Crippen LogP contribution is 2.25. The lowest BCUT2D eigenvalue weighted by atomic mass is 10.0. The highest BCUT2D eigenvalue weighted by molar-refractivity contribution is 5.80. The SMILES string of the molecule is CC(=O)On1cc(CN(Cc2ccnc(C)c2)[C@H]2CCCN(c3ccc(C)nc3)C2)c(=O)c2ccccc21. The van der Waals surface area contributed by atoms with Gasteiger partial charge in [0.25, 0.3) is 0 Å². The van der Waals surface area contributed by atoms with Gasteiger partial charge in [-0.3, -0.25) is 19.7 Å². The summed E-state index contributed by atoms with van der Waals surface area (Å²) in [4.78, 5) is 44.5. The number of anilines is 1. The molecule has 0 bridgehead atoms. The molecule has 0 amide bonds. The van der Waals surface area contributed by atoms with E-state index in [9.17, 15) is 9.59 Å². The lowest BCUT2D eigenvalue weighted by Gasteiger charge is -2.40. The van der Waals surface area contributed by atoms with E-state index < -0.39 is 5.97 Å². The number of aromatic nitrogens is 3. The van der Waals surface area contributed by atoms with E-state index in [1.54, 1.807) is 18.3 Å².